The Labute approximate surface area is 161 Å². The van der Waals surface area contributed by atoms with Crippen molar-refractivity contribution in [1.82, 2.24) is 9.80 Å². The van der Waals surface area contributed by atoms with E-state index in [1.54, 1.807) is 23.1 Å². The number of amides is 2. The van der Waals surface area contributed by atoms with Crippen molar-refractivity contribution >= 4 is 41.1 Å². The van der Waals surface area contributed by atoms with Gasteiger partial charge in [-0.05, 0) is 24.5 Å². The van der Waals surface area contributed by atoms with Crippen LogP contribution in [-0.2, 0) is 19.1 Å². The van der Waals surface area contributed by atoms with Crippen molar-refractivity contribution in [2.24, 2.45) is 0 Å². The quantitative estimate of drug-likeness (QED) is 0.532. The summed E-state index contributed by atoms with van der Waals surface area (Å²) in [5, 5.41) is 0.260. The fraction of sp³-hybridized carbons (Fsp3) is 0.471. The number of esters is 1. The van der Waals surface area contributed by atoms with Crippen LogP contribution >= 0.6 is 23.4 Å². The number of hydrogen-bond acceptors (Lipinski definition) is 6. The van der Waals surface area contributed by atoms with E-state index in [4.69, 9.17) is 21.1 Å². The first-order chi connectivity index (χ1) is 12.4. The van der Waals surface area contributed by atoms with Gasteiger partial charge >= 0.3 is 5.97 Å². The zero-order valence-electron chi connectivity index (χ0n) is 14.7. The first-order valence-electron chi connectivity index (χ1n) is 8.02. The SMILES string of the molecule is CSc1ccc(Cl)c(C(=O)OCC(=O)N(C)CC(=O)N2CCOCC2)c1. The predicted molar refractivity (Wildman–Crippen MR) is 98.6 cm³/mol. The van der Waals surface area contributed by atoms with E-state index in [2.05, 4.69) is 0 Å². The molecule has 1 heterocycles. The predicted octanol–water partition coefficient (Wildman–Crippen LogP) is 1.54. The lowest BCUT2D eigenvalue weighted by molar-refractivity contribution is -0.143. The second kappa shape index (κ2) is 9.80. The van der Waals surface area contributed by atoms with Crippen molar-refractivity contribution in [3.63, 3.8) is 0 Å². The van der Waals surface area contributed by atoms with Crippen LogP contribution in [0.4, 0.5) is 0 Å². The highest BCUT2D eigenvalue weighted by Gasteiger charge is 2.21. The second-order valence-electron chi connectivity index (χ2n) is 5.66. The zero-order valence-corrected chi connectivity index (χ0v) is 16.3. The molecule has 1 aliphatic heterocycles. The number of rotatable bonds is 6. The van der Waals surface area contributed by atoms with Gasteiger partial charge < -0.3 is 19.3 Å². The van der Waals surface area contributed by atoms with Gasteiger partial charge in [-0.2, -0.15) is 0 Å². The van der Waals surface area contributed by atoms with Crippen LogP contribution in [0.15, 0.2) is 23.1 Å². The highest BCUT2D eigenvalue weighted by Crippen LogP contribution is 2.23. The molecule has 26 heavy (non-hydrogen) atoms. The summed E-state index contributed by atoms with van der Waals surface area (Å²) in [6, 6.07) is 5.02. The lowest BCUT2D eigenvalue weighted by atomic mass is 10.2. The maximum atomic E-state index is 12.2. The van der Waals surface area contributed by atoms with Gasteiger partial charge in [0.1, 0.15) is 0 Å². The molecule has 0 atom stereocenters. The Morgan fingerprint density at radius 3 is 2.65 bits per heavy atom. The van der Waals surface area contributed by atoms with E-state index < -0.39 is 18.5 Å². The minimum absolute atomic E-state index is 0.0703. The van der Waals surface area contributed by atoms with Gasteiger partial charge in [-0.3, -0.25) is 9.59 Å². The Morgan fingerprint density at radius 2 is 2.00 bits per heavy atom. The molecule has 0 bridgehead atoms. The Kier molecular flexibility index (Phi) is 7.74. The van der Waals surface area contributed by atoms with Crippen LogP contribution in [0.1, 0.15) is 10.4 Å². The van der Waals surface area contributed by atoms with Crippen LogP contribution < -0.4 is 0 Å². The zero-order chi connectivity index (χ0) is 19.1. The number of carbonyl (C=O) groups excluding carboxylic acids is 3. The van der Waals surface area contributed by atoms with Gasteiger partial charge in [-0.15, -0.1) is 11.8 Å². The summed E-state index contributed by atoms with van der Waals surface area (Å²) in [4.78, 5) is 40.2. The molecule has 0 radical (unpaired) electrons. The van der Waals surface area contributed by atoms with E-state index in [0.717, 1.165) is 4.90 Å². The van der Waals surface area contributed by atoms with Crippen LogP contribution in [-0.4, -0.2) is 80.3 Å². The summed E-state index contributed by atoms with van der Waals surface area (Å²) >= 11 is 7.48. The van der Waals surface area contributed by atoms with Gasteiger partial charge in [-0.25, -0.2) is 4.79 Å². The van der Waals surface area contributed by atoms with E-state index in [-0.39, 0.29) is 23.0 Å². The summed E-state index contributed by atoms with van der Waals surface area (Å²) in [6.45, 7) is 1.50. The molecule has 2 amide bonds. The van der Waals surface area contributed by atoms with Crippen LogP contribution in [0, 0.1) is 0 Å². The molecule has 1 saturated heterocycles. The number of halogens is 1. The Hall–Kier alpha value is -1.77. The van der Waals surface area contributed by atoms with Gasteiger partial charge in [0, 0.05) is 25.0 Å². The van der Waals surface area contributed by atoms with E-state index in [1.165, 1.54) is 23.7 Å². The first kappa shape index (κ1) is 20.5. The average Bonchev–Trinajstić information content (AvgIpc) is 2.66. The molecule has 0 N–H and O–H groups in total. The van der Waals surface area contributed by atoms with Crippen molar-refractivity contribution in [3.05, 3.63) is 28.8 Å². The minimum Gasteiger partial charge on any atom is -0.452 e. The van der Waals surface area contributed by atoms with Crippen molar-refractivity contribution < 1.29 is 23.9 Å². The van der Waals surface area contributed by atoms with Crippen LogP contribution in [0.25, 0.3) is 0 Å². The molecule has 9 heteroatoms. The fourth-order valence-corrected chi connectivity index (χ4v) is 2.94. The Balaban J connectivity index is 1.85. The van der Waals surface area contributed by atoms with Crippen LogP contribution in [0.5, 0.6) is 0 Å². The third kappa shape index (κ3) is 5.62. The number of nitrogens with zero attached hydrogens (tertiary/aromatic N) is 2. The molecular weight excluding hydrogens is 380 g/mol. The molecule has 2 rings (SSSR count). The van der Waals surface area contributed by atoms with E-state index >= 15 is 0 Å². The molecule has 1 aromatic carbocycles. The van der Waals surface area contributed by atoms with Gasteiger partial charge in [-0.1, -0.05) is 11.6 Å². The number of benzene rings is 1. The third-order valence-electron chi connectivity index (χ3n) is 3.88. The van der Waals surface area contributed by atoms with Crippen molar-refractivity contribution in [2.45, 2.75) is 4.90 Å². The number of hydrogen-bond donors (Lipinski definition) is 0. The monoisotopic (exact) mass is 400 g/mol. The highest BCUT2D eigenvalue weighted by molar-refractivity contribution is 7.98. The Bertz CT molecular complexity index is 679. The normalized spacial score (nSPS) is 14.0. The second-order valence-corrected chi connectivity index (χ2v) is 6.95. The molecule has 0 aliphatic carbocycles. The fourth-order valence-electron chi connectivity index (χ4n) is 2.31. The molecule has 0 unspecified atom stereocenters. The Morgan fingerprint density at radius 1 is 1.31 bits per heavy atom. The lowest BCUT2D eigenvalue weighted by Crippen LogP contribution is -2.46. The summed E-state index contributed by atoms with van der Waals surface area (Å²) in [7, 11) is 1.50. The molecule has 1 aliphatic rings. The molecule has 0 spiro atoms. The number of carbonyl (C=O) groups is 3. The minimum atomic E-state index is -0.674. The standard InChI is InChI=1S/C17H21ClN2O5S/c1-19(10-15(21)20-5-7-24-8-6-20)16(22)11-25-17(23)13-9-12(26-2)3-4-14(13)18/h3-4,9H,5-8,10-11H2,1-2H3. The molecule has 0 saturated carbocycles. The molecule has 142 valence electrons. The van der Waals surface area contributed by atoms with Crippen molar-refractivity contribution in [3.8, 4) is 0 Å². The summed E-state index contributed by atoms with van der Waals surface area (Å²) in [5.74, 6) is -1.30. The van der Waals surface area contributed by atoms with Crippen LogP contribution in [0.2, 0.25) is 5.02 Å². The maximum Gasteiger partial charge on any atom is 0.340 e. The van der Waals surface area contributed by atoms with Crippen molar-refractivity contribution in [1.29, 1.82) is 0 Å². The highest BCUT2D eigenvalue weighted by atomic mass is 35.5. The van der Waals surface area contributed by atoms with E-state index in [9.17, 15) is 14.4 Å². The number of ether oxygens (including phenoxy) is 2. The van der Waals surface area contributed by atoms with Gasteiger partial charge in [0.2, 0.25) is 5.91 Å². The first-order valence-corrected chi connectivity index (χ1v) is 9.62. The largest absolute Gasteiger partial charge is 0.452 e. The number of thioether (sulfide) groups is 1. The van der Waals surface area contributed by atoms with Gasteiger partial charge in [0.15, 0.2) is 6.61 Å². The average molecular weight is 401 g/mol. The van der Waals surface area contributed by atoms with Gasteiger partial charge in [0.25, 0.3) is 5.91 Å². The number of morpholine rings is 1. The summed E-state index contributed by atoms with van der Waals surface area (Å²) in [5.41, 5.74) is 0.207. The molecule has 0 aromatic heterocycles. The maximum absolute atomic E-state index is 12.2. The van der Waals surface area contributed by atoms with E-state index in [0.29, 0.717) is 26.3 Å². The number of likely N-dealkylation sites (N-methyl/N-ethyl adjacent to an activating group) is 1. The third-order valence-corrected chi connectivity index (χ3v) is 4.94. The summed E-state index contributed by atoms with van der Waals surface area (Å²) in [6.07, 6.45) is 1.88. The topological polar surface area (TPSA) is 76.2 Å². The lowest BCUT2D eigenvalue weighted by Gasteiger charge is -2.28. The smallest absolute Gasteiger partial charge is 0.340 e. The molecule has 1 aromatic rings. The van der Waals surface area contributed by atoms with Crippen molar-refractivity contribution in [2.75, 3.05) is 52.8 Å². The molecule has 7 nitrogen and oxygen atoms in total. The van der Waals surface area contributed by atoms with Gasteiger partial charge in [0.05, 0.1) is 30.3 Å². The van der Waals surface area contributed by atoms with Crippen LogP contribution in [0.3, 0.4) is 0 Å². The molecule has 1 fully saturated rings. The summed E-state index contributed by atoms with van der Waals surface area (Å²) < 4.78 is 10.2. The van der Waals surface area contributed by atoms with E-state index in [1.807, 2.05) is 6.26 Å². The molecular formula is C17H21ClN2O5S.